The zero-order valence-corrected chi connectivity index (χ0v) is 11.5. The number of nitrogens with one attached hydrogen (secondary N) is 1. The van der Waals surface area contributed by atoms with Crippen LogP contribution >= 0.6 is 15.9 Å². The molecular formula is C13H19BrN2. The van der Waals surface area contributed by atoms with Crippen LogP contribution in [-0.4, -0.2) is 25.7 Å². The van der Waals surface area contributed by atoms with Crippen LogP contribution < -0.4 is 10.2 Å². The molecule has 0 aromatic heterocycles. The van der Waals surface area contributed by atoms with E-state index in [0.717, 1.165) is 19.6 Å². The third kappa shape index (κ3) is 2.58. The molecule has 1 aliphatic rings. The van der Waals surface area contributed by atoms with Gasteiger partial charge in [-0.25, -0.2) is 0 Å². The summed E-state index contributed by atoms with van der Waals surface area (Å²) in [6, 6.07) is 7.26. The Morgan fingerprint density at radius 3 is 2.94 bits per heavy atom. The first-order chi connectivity index (χ1) is 7.68. The molecule has 1 N–H and O–H groups in total. The maximum atomic E-state index is 3.61. The van der Waals surface area contributed by atoms with Crippen LogP contribution in [0.4, 0.5) is 5.69 Å². The van der Waals surface area contributed by atoms with Gasteiger partial charge in [0, 0.05) is 29.3 Å². The van der Waals surface area contributed by atoms with Crippen molar-refractivity contribution in [1.82, 2.24) is 5.32 Å². The zero-order chi connectivity index (χ0) is 11.5. The fourth-order valence-electron chi connectivity index (χ4n) is 2.16. The predicted octanol–water partition coefficient (Wildman–Crippen LogP) is 2.95. The second-order valence-corrected chi connectivity index (χ2v) is 5.37. The van der Waals surface area contributed by atoms with Gasteiger partial charge in [-0.15, -0.1) is 0 Å². The van der Waals surface area contributed by atoms with E-state index in [-0.39, 0.29) is 0 Å². The van der Waals surface area contributed by atoms with Gasteiger partial charge in [-0.3, -0.25) is 0 Å². The molecule has 0 spiro atoms. The van der Waals surface area contributed by atoms with Gasteiger partial charge in [0.05, 0.1) is 0 Å². The lowest BCUT2D eigenvalue weighted by Crippen LogP contribution is -2.34. The Hall–Kier alpha value is -0.540. The van der Waals surface area contributed by atoms with Gasteiger partial charge in [-0.05, 0) is 44.5 Å². The fraction of sp³-hybridized carbons (Fsp3) is 0.538. The minimum atomic E-state index is 0.615. The molecule has 1 fully saturated rings. The monoisotopic (exact) mass is 282 g/mol. The molecule has 3 heteroatoms. The summed E-state index contributed by atoms with van der Waals surface area (Å²) in [7, 11) is 0. The number of aryl methyl sites for hydroxylation is 1. The molecule has 0 bridgehead atoms. The van der Waals surface area contributed by atoms with Crippen molar-refractivity contribution in [3.05, 3.63) is 28.2 Å². The van der Waals surface area contributed by atoms with Crippen molar-refractivity contribution < 1.29 is 0 Å². The van der Waals surface area contributed by atoms with E-state index >= 15 is 0 Å². The van der Waals surface area contributed by atoms with E-state index in [1.807, 2.05) is 0 Å². The van der Waals surface area contributed by atoms with Gasteiger partial charge in [-0.2, -0.15) is 0 Å². The molecule has 2 nitrogen and oxygen atoms in total. The highest BCUT2D eigenvalue weighted by molar-refractivity contribution is 9.10. The molecule has 0 saturated carbocycles. The minimum Gasteiger partial charge on any atom is -0.367 e. The van der Waals surface area contributed by atoms with Gasteiger partial charge in [0.25, 0.3) is 0 Å². The Bertz CT molecular complexity index is 365. The van der Waals surface area contributed by atoms with Gasteiger partial charge in [0.15, 0.2) is 0 Å². The van der Waals surface area contributed by atoms with E-state index in [9.17, 15) is 0 Å². The summed E-state index contributed by atoms with van der Waals surface area (Å²) in [5.74, 6) is 0. The van der Waals surface area contributed by atoms with Crippen molar-refractivity contribution in [1.29, 1.82) is 0 Å². The zero-order valence-electron chi connectivity index (χ0n) is 9.96. The summed E-state index contributed by atoms with van der Waals surface area (Å²) in [6.45, 7) is 7.74. The van der Waals surface area contributed by atoms with Gasteiger partial charge in [-0.1, -0.05) is 22.0 Å². The van der Waals surface area contributed by atoms with E-state index < -0.39 is 0 Å². The summed E-state index contributed by atoms with van der Waals surface area (Å²) < 4.78 is 1.20. The van der Waals surface area contributed by atoms with Crippen LogP contribution in [0.3, 0.4) is 0 Å². The molecule has 0 aliphatic carbocycles. The highest BCUT2D eigenvalue weighted by Gasteiger charge is 2.17. The quantitative estimate of drug-likeness (QED) is 0.852. The topological polar surface area (TPSA) is 15.3 Å². The Balaban J connectivity index is 2.23. The third-order valence-electron chi connectivity index (χ3n) is 3.29. The predicted molar refractivity (Wildman–Crippen MR) is 73.2 cm³/mol. The standard InChI is InChI=1S/C13H19BrN2/c1-10-3-4-12(9-13(10)14)16-8-7-15-6-5-11(16)2/h3-4,9,11,15H,5-8H2,1-2H3. The smallest absolute Gasteiger partial charge is 0.0380 e. The van der Waals surface area contributed by atoms with Crippen molar-refractivity contribution in [2.45, 2.75) is 26.3 Å². The number of hydrogen-bond donors (Lipinski definition) is 1. The van der Waals surface area contributed by atoms with E-state index in [1.165, 1.54) is 22.1 Å². The second kappa shape index (κ2) is 5.19. The minimum absolute atomic E-state index is 0.615. The van der Waals surface area contributed by atoms with E-state index in [4.69, 9.17) is 0 Å². The second-order valence-electron chi connectivity index (χ2n) is 4.51. The first-order valence-electron chi connectivity index (χ1n) is 5.92. The Labute approximate surface area is 106 Å². The summed E-state index contributed by atoms with van der Waals surface area (Å²) in [5, 5.41) is 3.45. The number of rotatable bonds is 1. The van der Waals surface area contributed by atoms with Crippen LogP contribution in [0.5, 0.6) is 0 Å². The maximum absolute atomic E-state index is 3.61. The summed E-state index contributed by atoms with van der Waals surface area (Å²) in [4.78, 5) is 2.49. The van der Waals surface area contributed by atoms with Gasteiger partial charge >= 0.3 is 0 Å². The summed E-state index contributed by atoms with van der Waals surface area (Å²) >= 11 is 3.61. The molecule has 1 saturated heterocycles. The molecule has 0 amide bonds. The molecular weight excluding hydrogens is 264 g/mol. The first-order valence-corrected chi connectivity index (χ1v) is 6.71. The average molecular weight is 283 g/mol. The Morgan fingerprint density at radius 2 is 2.19 bits per heavy atom. The SMILES string of the molecule is Cc1ccc(N2CCNCCC2C)cc1Br. The first kappa shape index (κ1) is 11.9. The fourth-order valence-corrected chi connectivity index (χ4v) is 2.52. The van der Waals surface area contributed by atoms with Crippen molar-refractivity contribution >= 4 is 21.6 Å². The van der Waals surface area contributed by atoms with Crippen LogP contribution in [0.25, 0.3) is 0 Å². The van der Waals surface area contributed by atoms with Crippen LogP contribution in [0, 0.1) is 6.92 Å². The maximum Gasteiger partial charge on any atom is 0.0380 e. The molecule has 88 valence electrons. The molecule has 1 atom stereocenters. The highest BCUT2D eigenvalue weighted by Crippen LogP contribution is 2.25. The van der Waals surface area contributed by atoms with Gasteiger partial charge < -0.3 is 10.2 Å². The van der Waals surface area contributed by atoms with Crippen LogP contribution in [0.15, 0.2) is 22.7 Å². The molecule has 0 radical (unpaired) electrons. The summed E-state index contributed by atoms with van der Waals surface area (Å²) in [6.07, 6.45) is 1.21. The largest absolute Gasteiger partial charge is 0.367 e. The lowest BCUT2D eigenvalue weighted by atomic mass is 10.1. The number of halogens is 1. The van der Waals surface area contributed by atoms with Crippen molar-refractivity contribution in [3.8, 4) is 0 Å². The molecule has 1 aromatic carbocycles. The highest BCUT2D eigenvalue weighted by atomic mass is 79.9. The number of hydrogen-bond acceptors (Lipinski definition) is 2. The lowest BCUT2D eigenvalue weighted by Gasteiger charge is -2.29. The Morgan fingerprint density at radius 1 is 1.38 bits per heavy atom. The molecule has 1 heterocycles. The van der Waals surface area contributed by atoms with Crippen molar-refractivity contribution in [3.63, 3.8) is 0 Å². The van der Waals surface area contributed by atoms with Gasteiger partial charge in [0.1, 0.15) is 0 Å². The number of anilines is 1. The van der Waals surface area contributed by atoms with E-state index in [2.05, 4.69) is 58.2 Å². The van der Waals surface area contributed by atoms with E-state index in [0.29, 0.717) is 6.04 Å². The van der Waals surface area contributed by atoms with Crippen LogP contribution in [0.2, 0.25) is 0 Å². The Kier molecular flexibility index (Phi) is 3.87. The molecule has 1 aliphatic heterocycles. The number of nitrogens with zero attached hydrogens (tertiary/aromatic N) is 1. The molecule has 1 unspecified atom stereocenters. The van der Waals surface area contributed by atoms with Crippen molar-refractivity contribution in [2.75, 3.05) is 24.5 Å². The lowest BCUT2D eigenvalue weighted by molar-refractivity contribution is 0.631. The molecule has 16 heavy (non-hydrogen) atoms. The average Bonchev–Trinajstić information content (AvgIpc) is 2.47. The van der Waals surface area contributed by atoms with Gasteiger partial charge in [0.2, 0.25) is 0 Å². The van der Waals surface area contributed by atoms with Crippen molar-refractivity contribution in [2.24, 2.45) is 0 Å². The van der Waals surface area contributed by atoms with Crippen LogP contribution in [0.1, 0.15) is 18.9 Å². The summed E-state index contributed by atoms with van der Waals surface area (Å²) in [5.41, 5.74) is 2.62. The molecule has 2 rings (SSSR count). The normalized spacial score (nSPS) is 21.9. The number of benzene rings is 1. The van der Waals surface area contributed by atoms with Crippen LogP contribution in [-0.2, 0) is 0 Å². The van der Waals surface area contributed by atoms with E-state index in [1.54, 1.807) is 0 Å². The molecule has 1 aromatic rings. The third-order valence-corrected chi connectivity index (χ3v) is 4.14.